The van der Waals surface area contributed by atoms with E-state index in [-0.39, 0.29) is 18.6 Å². The Morgan fingerprint density at radius 2 is 1.88 bits per heavy atom. The van der Waals surface area contributed by atoms with Gasteiger partial charge in [0.1, 0.15) is 5.76 Å². The molecule has 1 unspecified atom stereocenters. The number of nitrogens with one attached hydrogen (secondary N) is 2. The smallest absolute Gasteiger partial charge is 0.340 e. The van der Waals surface area contributed by atoms with Gasteiger partial charge in [-0.05, 0) is 37.1 Å². The van der Waals surface area contributed by atoms with Crippen LogP contribution in [-0.2, 0) is 16.1 Å². The summed E-state index contributed by atoms with van der Waals surface area (Å²) >= 11 is 0. The normalized spacial score (nSPS) is 11.8. The second-order valence-corrected chi connectivity index (χ2v) is 6.15. The molecule has 134 valence electrons. The monoisotopic (exact) mass is 344 g/mol. The molecular weight excluding hydrogens is 320 g/mol. The van der Waals surface area contributed by atoms with Gasteiger partial charge in [-0.15, -0.1) is 0 Å². The molecule has 6 nitrogen and oxygen atoms in total. The predicted octanol–water partition coefficient (Wildman–Crippen LogP) is 3.21. The van der Waals surface area contributed by atoms with Crippen molar-refractivity contribution in [1.29, 1.82) is 0 Å². The first kappa shape index (κ1) is 18.6. The summed E-state index contributed by atoms with van der Waals surface area (Å²) in [5, 5.41) is 5.94. The number of amides is 1. The fraction of sp³-hybridized carbons (Fsp3) is 0.368. The number of hydrogen-bond donors (Lipinski definition) is 2. The van der Waals surface area contributed by atoms with Gasteiger partial charge in [-0.3, -0.25) is 4.79 Å². The minimum Gasteiger partial charge on any atom is -0.467 e. The number of carbonyl (C=O) groups excluding carboxylic acids is 2. The molecule has 1 aromatic carbocycles. The molecule has 0 saturated heterocycles. The van der Waals surface area contributed by atoms with Gasteiger partial charge in [0.05, 0.1) is 18.4 Å². The fourth-order valence-corrected chi connectivity index (χ4v) is 2.08. The van der Waals surface area contributed by atoms with Crippen molar-refractivity contribution < 1.29 is 18.7 Å². The van der Waals surface area contributed by atoms with Crippen molar-refractivity contribution in [3.8, 4) is 0 Å². The zero-order chi connectivity index (χ0) is 18.2. The third-order valence-corrected chi connectivity index (χ3v) is 3.90. The van der Waals surface area contributed by atoms with Crippen LogP contribution in [0.15, 0.2) is 47.1 Å². The molecule has 0 radical (unpaired) electrons. The van der Waals surface area contributed by atoms with E-state index in [4.69, 9.17) is 9.15 Å². The molecule has 0 spiro atoms. The maximum Gasteiger partial charge on any atom is 0.340 e. The molecule has 0 aliphatic carbocycles. The van der Waals surface area contributed by atoms with Gasteiger partial charge in [0.15, 0.2) is 6.61 Å². The standard InChI is InChI=1S/C19H24N2O4/c1-13(2)14(3)21-18(22)12-25-19(23)16-8-4-5-9-17(16)20-11-15-7-6-10-24-15/h4-10,13-14,20H,11-12H2,1-3H3,(H,21,22). The van der Waals surface area contributed by atoms with Gasteiger partial charge in [0.2, 0.25) is 0 Å². The number of esters is 1. The van der Waals surface area contributed by atoms with Gasteiger partial charge in [-0.25, -0.2) is 4.79 Å². The molecule has 2 N–H and O–H groups in total. The van der Waals surface area contributed by atoms with Gasteiger partial charge in [0, 0.05) is 11.7 Å². The largest absolute Gasteiger partial charge is 0.467 e. The van der Waals surface area contributed by atoms with E-state index in [1.54, 1.807) is 30.5 Å². The van der Waals surface area contributed by atoms with Crippen molar-refractivity contribution in [3.05, 3.63) is 54.0 Å². The average Bonchev–Trinajstić information content (AvgIpc) is 3.11. The quantitative estimate of drug-likeness (QED) is 0.719. The Bertz CT molecular complexity index is 695. The minimum atomic E-state index is -0.546. The molecule has 6 heteroatoms. The summed E-state index contributed by atoms with van der Waals surface area (Å²) in [5.74, 6) is 0.210. The number of furan rings is 1. The van der Waals surface area contributed by atoms with Crippen LogP contribution in [0.2, 0.25) is 0 Å². The SMILES string of the molecule is CC(C)C(C)NC(=O)COC(=O)c1ccccc1NCc1ccco1. The molecule has 1 atom stereocenters. The molecule has 0 aliphatic heterocycles. The molecule has 1 aromatic heterocycles. The lowest BCUT2D eigenvalue weighted by Crippen LogP contribution is -2.38. The topological polar surface area (TPSA) is 80.6 Å². The van der Waals surface area contributed by atoms with Crippen LogP contribution in [0.25, 0.3) is 0 Å². The Morgan fingerprint density at radius 3 is 2.56 bits per heavy atom. The molecule has 1 heterocycles. The maximum absolute atomic E-state index is 12.3. The van der Waals surface area contributed by atoms with Crippen LogP contribution >= 0.6 is 0 Å². The van der Waals surface area contributed by atoms with Crippen molar-refractivity contribution >= 4 is 17.6 Å². The van der Waals surface area contributed by atoms with E-state index in [0.29, 0.717) is 23.7 Å². The number of hydrogen-bond acceptors (Lipinski definition) is 5. The summed E-state index contributed by atoms with van der Waals surface area (Å²) in [7, 11) is 0. The average molecular weight is 344 g/mol. The Morgan fingerprint density at radius 1 is 1.12 bits per heavy atom. The van der Waals surface area contributed by atoms with Crippen molar-refractivity contribution in [2.45, 2.75) is 33.4 Å². The van der Waals surface area contributed by atoms with Gasteiger partial charge in [-0.1, -0.05) is 26.0 Å². The first-order valence-electron chi connectivity index (χ1n) is 8.29. The van der Waals surface area contributed by atoms with E-state index >= 15 is 0 Å². The third kappa shape index (κ3) is 5.67. The van der Waals surface area contributed by atoms with E-state index in [0.717, 1.165) is 5.76 Å². The van der Waals surface area contributed by atoms with E-state index in [9.17, 15) is 9.59 Å². The third-order valence-electron chi connectivity index (χ3n) is 3.90. The predicted molar refractivity (Wildman–Crippen MR) is 95.2 cm³/mol. The highest BCUT2D eigenvalue weighted by molar-refractivity contribution is 5.96. The zero-order valence-corrected chi connectivity index (χ0v) is 14.7. The number of carbonyl (C=O) groups is 2. The molecule has 0 saturated carbocycles. The van der Waals surface area contributed by atoms with Crippen LogP contribution in [0.1, 0.15) is 36.9 Å². The van der Waals surface area contributed by atoms with Crippen LogP contribution in [0, 0.1) is 5.92 Å². The van der Waals surface area contributed by atoms with Gasteiger partial charge in [-0.2, -0.15) is 0 Å². The van der Waals surface area contributed by atoms with Crippen LogP contribution in [0.5, 0.6) is 0 Å². The lowest BCUT2D eigenvalue weighted by atomic mass is 10.1. The first-order valence-corrected chi connectivity index (χ1v) is 8.29. The zero-order valence-electron chi connectivity index (χ0n) is 14.7. The highest BCUT2D eigenvalue weighted by atomic mass is 16.5. The van der Waals surface area contributed by atoms with Crippen molar-refractivity contribution in [2.24, 2.45) is 5.92 Å². The van der Waals surface area contributed by atoms with Gasteiger partial charge >= 0.3 is 5.97 Å². The molecule has 2 rings (SSSR count). The highest BCUT2D eigenvalue weighted by Gasteiger charge is 2.16. The van der Waals surface area contributed by atoms with E-state index in [1.807, 2.05) is 32.9 Å². The van der Waals surface area contributed by atoms with Crippen LogP contribution < -0.4 is 10.6 Å². The number of ether oxygens (including phenoxy) is 1. The Hall–Kier alpha value is -2.76. The Labute approximate surface area is 147 Å². The number of benzene rings is 1. The van der Waals surface area contributed by atoms with Crippen molar-refractivity contribution in [1.82, 2.24) is 5.32 Å². The molecule has 0 fully saturated rings. The van der Waals surface area contributed by atoms with Crippen molar-refractivity contribution in [2.75, 3.05) is 11.9 Å². The second kappa shape index (κ2) is 8.92. The summed E-state index contributed by atoms with van der Waals surface area (Å²) in [6, 6.07) is 10.7. The summed E-state index contributed by atoms with van der Waals surface area (Å²) < 4.78 is 10.4. The van der Waals surface area contributed by atoms with E-state index in [1.165, 1.54) is 0 Å². The molecule has 1 amide bonds. The molecule has 2 aromatic rings. The summed E-state index contributed by atoms with van der Waals surface area (Å²) in [6.07, 6.45) is 1.59. The van der Waals surface area contributed by atoms with E-state index < -0.39 is 5.97 Å². The number of para-hydroxylation sites is 1. The fourth-order valence-electron chi connectivity index (χ4n) is 2.08. The van der Waals surface area contributed by atoms with Gasteiger partial charge in [0.25, 0.3) is 5.91 Å². The minimum absolute atomic E-state index is 0.0217. The lowest BCUT2D eigenvalue weighted by molar-refractivity contribution is -0.125. The Balaban J connectivity index is 1.91. The summed E-state index contributed by atoms with van der Waals surface area (Å²) in [5.41, 5.74) is 0.999. The Kier molecular flexibility index (Phi) is 6.62. The molecule has 0 bridgehead atoms. The van der Waals surface area contributed by atoms with E-state index in [2.05, 4.69) is 10.6 Å². The van der Waals surface area contributed by atoms with Crippen LogP contribution in [0.4, 0.5) is 5.69 Å². The van der Waals surface area contributed by atoms with Crippen molar-refractivity contribution in [3.63, 3.8) is 0 Å². The second-order valence-electron chi connectivity index (χ2n) is 6.15. The maximum atomic E-state index is 12.3. The van der Waals surface area contributed by atoms with Crippen LogP contribution in [0.3, 0.4) is 0 Å². The first-order chi connectivity index (χ1) is 12.0. The van der Waals surface area contributed by atoms with Gasteiger partial charge < -0.3 is 19.8 Å². The summed E-state index contributed by atoms with van der Waals surface area (Å²) in [6.45, 7) is 6.08. The highest BCUT2D eigenvalue weighted by Crippen LogP contribution is 2.17. The molecule has 25 heavy (non-hydrogen) atoms. The van der Waals surface area contributed by atoms with Crippen LogP contribution in [-0.4, -0.2) is 24.5 Å². The molecular formula is C19H24N2O4. The summed E-state index contributed by atoms with van der Waals surface area (Å²) in [4.78, 5) is 24.1. The molecule has 0 aliphatic rings. The lowest BCUT2D eigenvalue weighted by Gasteiger charge is -2.17. The number of anilines is 1. The number of rotatable bonds is 8.